The first-order chi connectivity index (χ1) is 9.57. The van der Waals surface area contributed by atoms with Crippen molar-refractivity contribution in [2.45, 2.75) is 18.5 Å². The van der Waals surface area contributed by atoms with Crippen molar-refractivity contribution in [1.29, 1.82) is 0 Å². The van der Waals surface area contributed by atoms with E-state index in [4.69, 9.17) is 4.74 Å². The molecule has 0 N–H and O–H groups in total. The lowest BCUT2D eigenvalue weighted by Gasteiger charge is -2.38. The second-order valence-corrected chi connectivity index (χ2v) is 4.33. The van der Waals surface area contributed by atoms with E-state index in [1.165, 1.54) is 0 Å². The summed E-state index contributed by atoms with van der Waals surface area (Å²) in [6.45, 7) is -0.581. The fraction of sp³-hybridized carbons (Fsp3) is 0.455. The SMILES string of the molecule is O=C(N1CC(Oc2ccc(C(F)(F)F)cn2)C1)C(F)(F)F. The van der Waals surface area contributed by atoms with Crippen LogP contribution in [0.5, 0.6) is 5.88 Å². The Labute approximate surface area is 114 Å². The highest BCUT2D eigenvalue weighted by Crippen LogP contribution is 2.30. The van der Waals surface area contributed by atoms with Gasteiger partial charge in [-0.1, -0.05) is 0 Å². The Morgan fingerprint density at radius 1 is 1.19 bits per heavy atom. The average molecular weight is 314 g/mol. The van der Waals surface area contributed by atoms with Gasteiger partial charge in [0.2, 0.25) is 5.88 Å². The lowest BCUT2D eigenvalue weighted by atomic mass is 10.1. The van der Waals surface area contributed by atoms with E-state index in [0.717, 1.165) is 12.1 Å². The molecule has 0 radical (unpaired) electrons. The van der Waals surface area contributed by atoms with Crippen LogP contribution in [0.2, 0.25) is 0 Å². The summed E-state index contributed by atoms with van der Waals surface area (Å²) < 4.78 is 78.1. The van der Waals surface area contributed by atoms with Crippen molar-refractivity contribution in [3.63, 3.8) is 0 Å². The molecule has 21 heavy (non-hydrogen) atoms. The molecule has 0 atom stereocenters. The molecule has 0 bridgehead atoms. The third-order valence-electron chi connectivity index (χ3n) is 2.73. The van der Waals surface area contributed by atoms with E-state index in [2.05, 4.69) is 4.98 Å². The maximum absolute atomic E-state index is 12.3. The van der Waals surface area contributed by atoms with Crippen LogP contribution in [0.25, 0.3) is 0 Å². The summed E-state index contributed by atoms with van der Waals surface area (Å²) in [5, 5.41) is 0. The van der Waals surface area contributed by atoms with Crippen LogP contribution >= 0.6 is 0 Å². The van der Waals surface area contributed by atoms with E-state index >= 15 is 0 Å². The first-order valence-electron chi connectivity index (χ1n) is 5.63. The van der Waals surface area contributed by atoms with Gasteiger partial charge in [0, 0.05) is 12.3 Å². The predicted molar refractivity (Wildman–Crippen MR) is 56.3 cm³/mol. The quantitative estimate of drug-likeness (QED) is 0.786. The molecule has 1 aromatic heterocycles. The average Bonchev–Trinajstić information content (AvgIpc) is 2.30. The van der Waals surface area contributed by atoms with Crippen LogP contribution in [0.3, 0.4) is 0 Å². The highest BCUT2D eigenvalue weighted by Gasteiger charge is 2.47. The fourth-order valence-electron chi connectivity index (χ4n) is 1.65. The molecule has 1 amide bonds. The lowest BCUT2D eigenvalue weighted by molar-refractivity contribution is -0.193. The Hall–Kier alpha value is -2.00. The molecule has 1 aliphatic rings. The van der Waals surface area contributed by atoms with Gasteiger partial charge in [-0.3, -0.25) is 4.79 Å². The first kappa shape index (κ1) is 15.4. The zero-order chi connectivity index (χ0) is 15.8. The van der Waals surface area contributed by atoms with Crippen molar-refractivity contribution in [2.24, 2.45) is 0 Å². The molecule has 1 fully saturated rings. The summed E-state index contributed by atoms with van der Waals surface area (Å²) in [7, 11) is 0. The largest absolute Gasteiger partial charge is 0.471 e. The number of hydrogen-bond donors (Lipinski definition) is 0. The van der Waals surface area contributed by atoms with Gasteiger partial charge in [-0.2, -0.15) is 26.3 Å². The number of carbonyl (C=O) groups excluding carboxylic acids is 1. The zero-order valence-electron chi connectivity index (χ0n) is 10.2. The van der Waals surface area contributed by atoms with E-state index in [1.807, 2.05) is 0 Å². The Kier molecular flexibility index (Phi) is 3.72. The van der Waals surface area contributed by atoms with Crippen LogP contribution in [0.1, 0.15) is 5.56 Å². The minimum atomic E-state index is -4.95. The third-order valence-corrected chi connectivity index (χ3v) is 2.73. The number of rotatable bonds is 2. The number of nitrogens with zero attached hydrogens (tertiary/aromatic N) is 2. The monoisotopic (exact) mass is 314 g/mol. The van der Waals surface area contributed by atoms with E-state index in [1.54, 1.807) is 0 Å². The van der Waals surface area contributed by atoms with Gasteiger partial charge < -0.3 is 9.64 Å². The Morgan fingerprint density at radius 2 is 1.81 bits per heavy atom. The smallest absolute Gasteiger partial charge is 0.471 e. The predicted octanol–water partition coefficient (Wildman–Crippen LogP) is 2.25. The number of aromatic nitrogens is 1. The van der Waals surface area contributed by atoms with Crippen molar-refractivity contribution in [3.8, 4) is 5.88 Å². The molecule has 1 aromatic rings. The second-order valence-electron chi connectivity index (χ2n) is 4.33. The topological polar surface area (TPSA) is 42.4 Å². The Morgan fingerprint density at radius 3 is 2.24 bits per heavy atom. The van der Waals surface area contributed by atoms with Gasteiger partial charge in [0.25, 0.3) is 0 Å². The van der Waals surface area contributed by atoms with Gasteiger partial charge in [-0.25, -0.2) is 4.98 Å². The van der Waals surface area contributed by atoms with Crippen LogP contribution < -0.4 is 4.74 Å². The van der Waals surface area contributed by atoms with Crippen LogP contribution in [-0.2, 0) is 11.0 Å². The van der Waals surface area contributed by atoms with Crippen molar-refractivity contribution in [2.75, 3.05) is 13.1 Å². The molecular formula is C11H8F6N2O2. The van der Waals surface area contributed by atoms with Crippen LogP contribution in [0.4, 0.5) is 26.3 Å². The van der Waals surface area contributed by atoms with E-state index in [-0.39, 0.29) is 19.0 Å². The number of ether oxygens (including phenoxy) is 1. The van der Waals surface area contributed by atoms with Crippen molar-refractivity contribution >= 4 is 5.91 Å². The molecule has 0 spiro atoms. The van der Waals surface area contributed by atoms with Crippen molar-refractivity contribution in [1.82, 2.24) is 9.88 Å². The van der Waals surface area contributed by atoms with Crippen LogP contribution in [0.15, 0.2) is 18.3 Å². The minimum Gasteiger partial charge on any atom is -0.471 e. The molecule has 4 nitrogen and oxygen atoms in total. The molecule has 2 heterocycles. The number of halogens is 6. The van der Waals surface area contributed by atoms with E-state index < -0.39 is 29.9 Å². The van der Waals surface area contributed by atoms with Gasteiger partial charge in [-0.05, 0) is 6.07 Å². The number of alkyl halides is 6. The van der Waals surface area contributed by atoms with E-state index in [0.29, 0.717) is 11.1 Å². The molecular weight excluding hydrogens is 306 g/mol. The zero-order valence-corrected chi connectivity index (χ0v) is 10.2. The summed E-state index contributed by atoms with van der Waals surface area (Å²) >= 11 is 0. The number of likely N-dealkylation sites (tertiary alicyclic amines) is 1. The second kappa shape index (κ2) is 5.08. The van der Waals surface area contributed by atoms with Crippen LogP contribution in [0, 0.1) is 0 Å². The lowest BCUT2D eigenvalue weighted by Crippen LogP contribution is -2.59. The molecule has 0 saturated carbocycles. The summed E-state index contributed by atoms with van der Waals surface area (Å²) in [4.78, 5) is 14.8. The molecule has 116 valence electrons. The molecule has 10 heteroatoms. The highest BCUT2D eigenvalue weighted by molar-refractivity contribution is 5.82. The summed E-state index contributed by atoms with van der Waals surface area (Å²) in [5.41, 5.74) is -0.961. The van der Waals surface area contributed by atoms with Crippen molar-refractivity contribution in [3.05, 3.63) is 23.9 Å². The molecule has 1 aliphatic heterocycles. The molecule has 1 saturated heterocycles. The molecule has 0 aliphatic carbocycles. The summed E-state index contributed by atoms with van der Waals surface area (Å²) in [6, 6.07) is 1.72. The molecule has 0 aromatic carbocycles. The number of carbonyl (C=O) groups is 1. The Balaban J connectivity index is 1.87. The maximum Gasteiger partial charge on any atom is 0.471 e. The van der Waals surface area contributed by atoms with Crippen LogP contribution in [-0.4, -0.2) is 41.2 Å². The maximum atomic E-state index is 12.3. The molecule has 0 unspecified atom stereocenters. The third kappa shape index (κ3) is 3.56. The highest BCUT2D eigenvalue weighted by atomic mass is 19.4. The fourth-order valence-corrected chi connectivity index (χ4v) is 1.65. The van der Waals surface area contributed by atoms with E-state index in [9.17, 15) is 31.1 Å². The normalized spacial score (nSPS) is 16.6. The first-order valence-corrected chi connectivity index (χ1v) is 5.63. The summed E-state index contributed by atoms with van der Waals surface area (Å²) in [5.74, 6) is -2.12. The van der Waals surface area contributed by atoms with Crippen molar-refractivity contribution < 1.29 is 35.9 Å². The summed E-state index contributed by atoms with van der Waals surface area (Å²) in [6.07, 6.45) is -9.64. The number of amides is 1. The Bertz CT molecular complexity index is 519. The number of pyridine rings is 1. The molecule has 2 rings (SSSR count). The minimum absolute atomic E-state index is 0.146. The van der Waals surface area contributed by atoms with Gasteiger partial charge >= 0.3 is 18.3 Å². The van der Waals surface area contributed by atoms with Gasteiger partial charge in [0.05, 0.1) is 18.7 Å². The number of hydrogen-bond acceptors (Lipinski definition) is 3. The van der Waals surface area contributed by atoms with Gasteiger partial charge in [0.15, 0.2) is 0 Å². The van der Waals surface area contributed by atoms with Gasteiger partial charge in [-0.15, -0.1) is 0 Å². The van der Waals surface area contributed by atoms with Gasteiger partial charge in [0.1, 0.15) is 6.10 Å². The standard InChI is InChI=1S/C11H8F6N2O2/c12-10(13,14)6-1-2-8(18-3-6)21-7-4-19(5-7)9(20)11(15,16)17/h1-3,7H,4-5H2.